The minimum atomic E-state index is -0.850. The van der Waals surface area contributed by atoms with Crippen molar-refractivity contribution in [3.8, 4) is 6.07 Å². The first-order valence-electron chi connectivity index (χ1n) is 15.4. The lowest BCUT2D eigenvalue weighted by Gasteiger charge is -2.64. The zero-order valence-electron chi connectivity index (χ0n) is 25.3. The highest BCUT2D eigenvalue weighted by molar-refractivity contribution is 6.47. The van der Waals surface area contributed by atoms with E-state index < -0.39 is 12.7 Å². The standard InChI is InChI=1S/C37H42BNO3/c1-26(2)31(32(21-22-39)38-41-34-24-30-23-33(35(30,3)4)36(34,5)42-38)25-40-37(27-15-9-6-10-16-27,28-17-11-7-12-18-28)29-19-13-8-14-20-29/h6-20,30-34H,1,21,23-25H2,2-5H3/t30?,31-,32+,33?,34-,36+/m1/s1. The van der Waals surface area contributed by atoms with Crippen LogP contribution in [0.3, 0.4) is 0 Å². The number of benzene rings is 3. The van der Waals surface area contributed by atoms with Crippen LogP contribution in [-0.4, -0.2) is 25.4 Å². The molecule has 0 amide bonds. The van der Waals surface area contributed by atoms with Crippen molar-refractivity contribution in [3.63, 3.8) is 0 Å². The largest absolute Gasteiger partial charge is 0.462 e. The van der Waals surface area contributed by atoms with E-state index in [1.165, 1.54) is 6.42 Å². The molecule has 4 fully saturated rings. The predicted octanol–water partition coefficient (Wildman–Crippen LogP) is 8.20. The van der Waals surface area contributed by atoms with Crippen LogP contribution in [0.1, 0.15) is 63.6 Å². The maximum absolute atomic E-state index is 10.0. The van der Waals surface area contributed by atoms with Gasteiger partial charge in [-0.15, -0.1) is 0 Å². The van der Waals surface area contributed by atoms with Gasteiger partial charge in [-0.25, -0.2) is 0 Å². The molecule has 2 unspecified atom stereocenters. The van der Waals surface area contributed by atoms with Crippen molar-refractivity contribution in [2.75, 3.05) is 6.61 Å². The van der Waals surface area contributed by atoms with Crippen LogP contribution in [0, 0.1) is 34.5 Å². The van der Waals surface area contributed by atoms with Gasteiger partial charge in [0, 0.05) is 18.2 Å². The zero-order valence-corrected chi connectivity index (χ0v) is 25.3. The Morgan fingerprint density at radius 3 is 1.93 bits per heavy atom. The second kappa shape index (κ2) is 11.2. The van der Waals surface area contributed by atoms with Crippen LogP contribution in [-0.2, 0) is 19.6 Å². The molecule has 0 radical (unpaired) electrons. The van der Waals surface area contributed by atoms with Gasteiger partial charge in [0.15, 0.2) is 0 Å². The van der Waals surface area contributed by atoms with Gasteiger partial charge in [0.2, 0.25) is 0 Å². The Kier molecular flexibility index (Phi) is 7.68. The van der Waals surface area contributed by atoms with Crippen molar-refractivity contribution in [1.29, 1.82) is 5.26 Å². The van der Waals surface area contributed by atoms with Gasteiger partial charge in [0.05, 0.1) is 24.4 Å². The molecule has 3 aromatic rings. The normalized spacial score (nSPS) is 27.3. The molecule has 3 saturated carbocycles. The fraction of sp³-hybridized carbons (Fsp3) is 0.432. The van der Waals surface area contributed by atoms with Crippen LogP contribution < -0.4 is 0 Å². The van der Waals surface area contributed by atoms with Crippen LogP contribution in [0.15, 0.2) is 103 Å². The summed E-state index contributed by atoms with van der Waals surface area (Å²) in [7, 11) is -0.473. The fourth-order valence-corrected chi connectivity index (χ4v) is 8.23. The lowest BCUT2D eigenvalue weighted by atomic mass is 9.43. The van der Waals surface area contributed by atoms with Gasteiger partial charge < -0.3 is 14.0 Å². The summed E-state index contributed by atoms with van der Waals surface area (Å²) in [5.41, 5.74) is 3.19. The lowest BCUT2D eigenvalue weighted by Crippen LogP contribution is -2.65. The van der Waals surface area contributed by atoms with Crippen LogP contribution >= 0.6 is 0 Å². The maximum Gasteiger partial charge on any atom is 0.462 e. The Bertz CT molecular complexity index is 1340. The van der Waals surface area contributed by atoms with E-state index >= 15 is 0 Å². The summed E-state index contributed by atoms with van der Waals surface area (Å²) in [6.07, 6.45) is 2.58. The Balaban J connectivity index is 1.36. The molecule has 0 spiro atoms. The molecule has 1 saturated heterocycles. The number of hydrogen-bond donors (Lipinski definition) is 0. The molecule has 1 heterocycles. The number of hydrogen-bond acceptors (Lipinski definition) is 4. The van der Waals surface area contributed by atoms with Gasteiger partial charge in [0.1, 0.15) is 5.60 Å². The average molecular weight is 560 g/mol. The van der Waals surface area contributed by atoms with E-state index in [1.54, 1.807) is 0 Å². The molecular weight excluding hydrogens is 517 g/mol. The van der Waals surface area contributed by atoms with Crippen LogP contribution in [0.2, 0.25) is 5.82 Å². The number of rotatable bonds is 10. The van der Waals surface area contributed by atoms with Crippen LogP contribution in [0.4, 0.5) is 0 Å². The highest BCUT2D eigenvalue weighted by atomic mass is 16.7. The number of ether oxygens (including phenoxy) is 1. The quantitative estimate of drug-likeness (QED) is 0.143. The summed E-state index contributed by atoms with van der Waals surface area (Å²) < 4.78 is 20.8. The summed E-state index contributed by atoms with van der Waals surface area (Å²) in [6, 6.07) is 33.7. The van der Waals surface area contributed by atoms with Crippen molar-refractivity contribution in [2.45, 2.75) is 70.1 Å². The van der Waals surface area contributed by atoms with Crippen molar-refractivity contribution in [3.05, 3.63) is 120 Å². The summed E-state index contributed by atoms with van der Waals surface area (Å²) >= 11 is 0. The number of nitrogens with zero attached hydrogens (tertiary/aromatic N) is 1. The third kappa shape index (κ3) is 4.65. The first kappa shape index (κ1) is 28.9. The molecule has 0 N–H and O–H groups in total. The van der Waals surface area contributed by atoms with Gasteiger partial charge in [-0.2, -0.15) is 5.26 Å². The predicted molar refractivity (Wildman–Crippen MR) is 168 cm³/mol. The third-order valence-electron chi connectivity index (χ3n) is 10.8. The molecule has 3 aromatic carbocycles. The topological polar surface area (TPSA) is 51.5 Å². The van der Waals surface area contributed by atoms with Crippen molar-refractivity contribution in [1.82, 2.24) is 0 Å². The molecule has 3 aliphatic carbocycles. The van der Waals surface area contributed by atoms with Crippen molar-refractivity contribution >= 4 is 7.12 Å². The van der Waals surface area contributed by atoms with Crippen molar-refractivity contribution in [2.24, 2.45) is 23.2 Å². The van der Waals surface area contributed by atoms with Gasteiger partial charge >= 0.3 is 7.12 Å². The molecule has 6 atom stereocenters. The molecular formula is C37H42BNO3. The Hall–Kier alpha value is -3.17. The van der Waals surface area contributed by atoms with E-state index in [1.807, 2.05) is 25.1 Å². The molecule has 7 rings (SSSR count). The second-order valence-electron chi connectivity index (χ2n) is 13.4. The average Bonchev–Trinajstić information content (AvgIpc) is 3.37. The maximum atomic E-state index is 10.0. The molecule has 4 nitrogen and oxygen atoms in total. The Morgan fingerprint density at radius 1 is 0.952 bits per heavy atom. The van der Waals surface area contributed by atoms with Crippen LogP contribution in [0.5, 0.6) is 0 Å². The van der Waals surface area contributed by atoms with E-state index in [-0.39, 0.29) is 28.9 Å². The summed E-state index contributed by atoms with van der Waals surface area (Å²) in [6.45, 7) is 13.8. The Labute approximate surface area is 251 Å². The molecule has 42 heavy (non-hydrogen) atoms. The Morgan fingerprint density at radius 2 is 1.48 bits per heavy atom. The summed E-state index contributed by atoms with van der Waals surface area (Å²) in [4.78, 5) is 0. The van der Waals surface area contributed by atoms with Gasteiger partial charge in [-0.1, -0.05) is 117 Å². The van der Waals surface area contributed by atoms with E-state index in [0.29, 0.717) is 24.9 Å². The molecule has 2 bridgehead atoms. The van der Waals surface area contributed by atoms with Gasteiger partial charge in [-0.3, -0.25) is 0 Å². The summed E-state index contributed by atoms with van der Waals surface area (Å²) in [5.74, 6) is 0.788. The molecule has 5 heteroatoms. The van der Waals surface area contributed by atoms with Gasteiger partial charge in [-0.05, 0) is 60.6 Å². The minimum Gasteiger partial charge on any atom is -0.405 e. The molecule has 1 aliphatic heterocycles. The van der Waals surface area contributed by atoms with E-state index in [2.05, 4.69) is 106 Å². The van der Waals surface area contributed by atoms with Crippen molar-refractivity contribution < 1.29 is 14.0 Å². The highest BCUT2D eigenvalue weighted by Gasteiger charge is 2.68. The van der Waals surface area contributed by atoms with Crippen LogP contribution in [0.25, 0.3) is 0 Å². The fourth-order valence-electron chi connectivity index (χ4n) is 8.23. The first-order chi connectivity index (χ1) is 20.2. The molecule has 0 aromatic heterocycles. The van der Waals surface area contributed by atoms with E-state index in [0.717, 1.165) is 28.7 Å². The molecule has 216 valence electrons. The number of nitriles is 1. The lowest BCUT2D eigenvalue weighted by molar-refractivity contribution is -0.199. The monoisotopic (exact) mass is 559 g/mol. The van der Waals surface area contributed by atoms with Gasteiger partial charge in [0.25, 0.3) is 0 Å². The molecule has 4 aliphatic rings. The first-order valence-corrected chi connectivity index (χ1v) is 15.4. The van der Waals surface area contributed by atoms with E-state index in [9.17, 15) is 5.26 Å². The zero-order chi connectivity index (χ0) is 29.5. The smallest absolute Gasteiger partial charge is 0.405 e. The second-order valence-corrected chi connectivity index (χ2v) is 13.4. The highest BCUT2D eigenvalue weighted by Crippen LogP contribution is 2.66. The minimum absolute atomic E-state index is 0.0594. The summed E-state index contributed by atoms with van der Waals surface area (Å²) in [5, 5.41) is 10.0. The van der Waals surface area contributed by atoms with E-state index in [4.69, 9.17) is 14.0 Å². The third-order valence-corrected chi connectivity index (χ3v) is 10.8. The SMILES string of the molecule is C=C(C)[C@@H](COC(c1ccccc1)(c1ccccc1)c1ccccc1)[C@H](CC#N)B1O[C@@H]2CC3CC(C3(C)C)[C@]2(C)O1.